The normalized spacial score (nSPS) is 26.9. The Balaban J connectivity index is 2.18. The minimum Gasteiger partial charge on any atom is -0.317 e. The molecule has 0 spiro atoms. The highest BCUT2D eigenvalue weighted by Crippen LogP contribution is 2.42. The standard InChI is InChI=1S/C18H27BrFN/c1-12-5-7-15(17(9-12)21-4)18(2,3)11-13-10-14(19)6-8-16(13)20/h6,8,10,12,15,17,21H,5,7,9,11H2,1-4H3. The molecule has 118 valence electrons. The van der Waals surface area contributed by atoms with E-state index < -0.39 is 0 Å². The van der Waals surface area contributed by atoms with Crippen molar-refractivity contribution >= 4 is 15.9 Å². The molecule has 3 unspecified atom stereocenters. The van der Waals surface area contributed by atoms with Crippen LogP contribution in [0.1, 0.15) is 45.6 Å². The van der Waals surface area contributed by atoms with E-state index in [9.17, 15) is 4.39 Å². The molecule has 0 aliphatic heterocycles. The van der Waals surface area contributed by atoms with Gasteiger partial charge in [-0.3, -0.25) is 0 Å². The van der Waals surface area contributed by atoms with E-state index in [1.165, 1.54) is 19.3 Å². The average Bonchev–Trinajstić information content (AvgIpc) is 2.42. The summed E-state index contributed by atoms with van der Waals surface area (Å²) in [6, 6.07) is 5.80. The summed E-state index contributed by atoms with van der Waals surface area (Å²) in [5.74, 6) is 1.30. The van der Waals surface area contributed by atoms with Gasteiger partial charge in [0.15, 0.2) is 0 Å². The Morgan fingerprint density at radius 2 is 2.05 bits per heavy atom. The van der Waals surface area contributed by atoms with Crippen LogP contribution in [0.4, 0.5) is 4.39 Å². The van der Waals surface area contributed by atoms with Crippen LogP contribution in [-0.2, 0) is 6.42 Å². The Kier molecular flexibility index (Phi) is 5.48. The van der Waals surface area contributed by atoms with E-state index in [2.05, 4.69) is 49.1 Å². The maximum atomic E-state index is 14.1. The van der Waals surface area contributed by atoms with Crippen LogP contribution in [0.2, 0.25) is 0 Å². The molecule has 1 aromatic carbocycles. The van der Waals surface area contributed by atoms with Crippen LogP contribution in [-0.4, -0.2) is 13.1 Å². The quantitative estimate of drug-likeness (QED) is 0.784. The van der Waals surface area contributed by atoms with Gasteiger partial charge in [-0.05, 0) is 67.3 Å². The summed E-state index contributed by atoms with van der Waals surface area (Å²) >= 11 is 3.45. The van der Waals surface area contributed by atoms with Gasteiger partial charge < -0.3 is 5.32 Å². The Labute approximate surface area is 136 Å². The van der Waals surface area contributed by atoms with Crippen molar-refractivity contribution in [2.75, 3.05) is 7.05 Å². The highest BCUT2D eigenvalue weighted by molar-refractivity contribution is 9.10. The van der Waals surface area contributed by atoms with E-state index >= 15 is 0 Å². The highest BCUT2D eigenvalue weighted by atomic mass is 79.9. The van der Waals surface area contributed by atoms with Gasteiger partial charge >= 0.3 is 0 Å². The first-order chi connectivity index (χ1) is 9.83. The minimum absolute atomic E-state index is 0.0866. The number of benzene rings is 1. The van der Waals surface area contributed by atoms with Gasteiger partial charge in [0.1, 0.15) is 5.82 Å². The zero-order valence-electron chi connectivity index (χ0n) is 13.5. The second-order valence-corrected chi connectivity index (χ2v) is 8.24. The summed E-state index contributed by atoms with van der Waals surface area (Å²) < 4.78 is 15.0. The molecule has 1 aromatic rings. The van der Waals surface area contributed by atoms with Crippen molar-refractivity contribution in [3.8, 4) is 0 Å². The topological polar surface area (TPSA) is 12.0 Å². The van der Waals surface area contributed by atoms with Crippen molar-refractivity contribution < 1.29 is 4.39 Å². The molecule has 0 saturated heterocycles. The molecule has 0 bridgehead atoms. The van der Waals surface area contributed by atoms with Crippen LogP contribution in [0.3, 0.4) is 0 Å². The van der Waals surface area contributed by atoms with Crippen LogP contribution in [0.25, 0.3) is 0 Å². The lowest BCUT2D eigenvalue weighted by atomic mass is 9.64. The van der Waals surface area contributed by atoms with Gasteiger partial charge in [-0.1, -0.05) is 43.1 Å². The number of halogens is 2. The lowest BCUT2D eigenvalue weighted by Gasteiger charge is -2.44. The molecule has 1 aliphatic carbocycles. The Bertz CT molecular complexity index is 486. The van der Waals surface area contributed by atoms with Crippen molar-refractivity contribution in [1.82, 2.24) is 5.32 Å². The molecular formula is C18H27BrFN. The molecule has 0 amide bonds. The largest absolute Gasteiger partial charge is 0.317 e. The van der Waals surface area contributed by atoms with Crippen LogP contribution >= 0.6 is 15.9 Å². The zero-order valence-corrected chi connectivity index (χ0v) is 15.1. The smallest absolute Gasteiger partial charge is 0.126 e. The van der Waals surface area contributed by atoms with Gasteiger partial charge in [0.25, 0.3) is 0 Å². The summed E-state index contributed by atoms with van der Waals surface area (Å²) in [5, 5.41) is 3.50. The second-order valence-electron chi connectivity index (χ2n) is 7.32. The van der Waals surface area contributed by atoms with Crippen molar-refractivity contribution in [2.24, 2.45) is 17.3 Å². The lowest BCUT2D eigenvalue weighted by Crippen LogP contribution is -2.46. The molecule has 1 fully saturated rings. The monoisotopic (exact) mass is 355 g/mol. The molecule has 1 N–H and O–H groups in total. The van der Waals surface area contributed by atoms with E-state index in [0.717, 1.165) is 22.4 Å². The van der Waals surface area contributed by atoms with Gasteiger partial charge in [-0.15, -0.1) is 0 Å². The average molecular weight is 356 g/mol. The van der Waals surface area contributed by atoms with Crippen LogP contribution in [0, 0.1) is 23.1 Å². The minimum atomic E-state index is -0.0866. The Hall–Kier alpha value is -0.410. The van der Waals surface area contributed by atoms with Gasteiger partial charge in [-0.2, -0.15) is 0 Å². The van der Waals surface area contributed by atoms with Crippen molar-refractivity contribution in [3.63, 3.8) is 0 Å². The van der Waals surface area contributed by atoms with Crippen LogP contribution < -0.4 is 5.32 Å². The molecular weight excluding hydrogens is 329 g/mol. The SMILES string of the molecule is CNC1CC(C)CCC1C(C)(C)Cc1cc(Br)ccc1F. The van der Waals surface area contributed by atoms with E-state index in [4.69, 9.17) is 0 Å². The number of hydrogen-bond acceptors (Lipinski definition) is 1. The maximum Gasteiger partial charge on any atom is 0.126 e. The summed E-state index contributed by atoms with van der Waals surface area (Å²) in [6.45, 7) is 6.91. The third kappa shape index (κ3) is 4.07. The Morgan fingerprint density at radius 1 is 1.33 bits per heavy atom. The maximum absolute atomic E-state index is 14.1. The first-order valence-electron chi connectivity index (χ1n) is 7.94. The summed E-state index contributed by atoms with van der Waals surface area (Å²) in [5.41, 5.74) is 0.915. The molecule has 0 radical (unpaired) electrons. The fourth-order valence-corrected chi connectivity index (χ4v) is 4.34. The highest BCUT2D eigenvalue weighted by Gasteiger charge is 2.38. The summed E-state index contributed by atoms with van der Waals surface area (Å²) in [6.07, 6.45) is 4.53. The number of rotatable bonds is 4. The molecule has 1 nitrogen and oxygen atoms in total. The predicted molar refractivity (Wildman–Crippen MR) is 90.9 cm³/mol. The van der Waals surface area contributed by atoms with Crippen molar-refractivity contribution in [3.05, 3.63) is 34.1 Å². The summed E-state index contributed by atoms with van der Waals surface area (Å²) in [4.78, 5) is 0. The van der Waals surface area contributed by atoms with Gasteiger partial charge in [-0.25, -0.2) is 4.39 Å². The summed E-state index contributed by atoms with van der Waals surface area (Å²) in [7, 11) is 2.06. The van der Waals surface area contributed by atoms with E-state index in [-0.39, 0.29) is 11.2 Å². The van der Waals surface area contributed by atoms with E-state index in [1.54, 1.807) is 12.1 Å². The van der Waals surface area contributed by atoms with E-state index in [1.807, 2.05) is 6.07 Å². The number of hydrogen-bond donors (Lipinski definition) is 1. The predicted octanol–water partition coefficient (Wildman–Crippen LogP) is 5.18. The van der Waals surface area contributed by atoms with Crippen LogP contribution in [0.15, 0.2) is 22.7 Å². The molecule has 2 rings (SSSR count). The molecule has 0 heterocycles. The van der Waals surface area contributed by atoms with Gasteiger partial charge in [0.2, 0.25) is 0 Å². The third-order valence-corrected chi connectivity index (χ3v) is 5.63. The first kappa shape index (κ1) is 17.0. The number of nitrogens with one attached hydrogen (secondary N) is 1. The molecule has 3 atom stereocenters. The molecule has 3 heteroatoms. The molecule has 1 aliphatic rings. The zero-order chi connectivity index (χ0) is 15.6. The van der Waals surface area contributed by atoms with Crippen molar-refractivity contribution in [1.29, 1.82) is 0 Å². The molecule has 21 heavy (non-hydrogen) atoms. The van der Waals surface area contributed by atoms with Crippen molar-refractivity contribution in [2.45, 2.75) is 52.5 Å². The van der Waals surface area contributed by atoms with E-state index in [0.29, 0.717) is 12.0 Å². The van der Waals surface area contributed by atoms with Gasteiger partial charge in [0, 0.05) is 10.5 Å². The lowest BCUT2D eigenvalue weighted by molar-refractivity contribution is 0.0973. The van der Waals surface area contributed by atoms with Crippen LogP contribution in [0.5, 0.6) is 0 Å². The fourth-order valence-electron chi connectivity index (χ4n) is 3.94. The molecule has 1 saturated carbocycles. The second kappa shape index (κ2) is 6.78. The third-order valence-electron chi connectivity index (χ3n) is 5.14. The van der Waals surface area contributed by atoms with Gasteiger partial charge in [0.05, 0.1) is 0 Å². The fraction of sp³-hybridized carbons (Fsp3) is 0.667. The first-order valence-corrected chi connectivity index (χ1v) is 8.74. The molecule has 0 aromatic heterocycles. The Morgan fingerprint density at radius 3 is 2.71 bits per heavy atom.